The zero-order valence-corrected chi connectivity index (χ0v) is 15.7. The van der Waals surface area contributed by atoms with E-state index in [1.807, 2.05) is 13.8 Å². The van der Waals surface area contributed by atoms with Crippen LogP contribution in [0.1, 0.15) is 50.4 Å². The summed E-state index contributed by atoms with van der Waals surface area (Å²) in [6.07, 6.45) is 0.286. The third kappa shape index (κ3) is 3.37. The van der Waals surface area contributed by atoms with E-state index in [4.69, 9.17) is 0 Å². The number of halogens is 3. The van der Waals surface area contributed by atoms with E-state index in [0.717, 1.165) is 19.0 Å². The molecule has 148 valence electrons. The quantitative estimate of drug-likeness (QED) is 0.794. The molecule has 0 radical (unpaired) electrons. The molecule has 2 aromatic heterocycles. The molecule has 0 aromatic carbocycles. The van der Waals surface area contributed by atoms with Crippen LogP contribution in [0.15, 0.2) is 12.4 Å². The van der Waals surface area contributed by atoms with Crippen LogP contribution in [-0.4, -0.2) is 25.3 Å². The second-order valence-corrected chi connectivity index (χ2v) is 8.12. The summed E-state index contributed by atoms with van der Waals surface area (Å²) in [7, 11) is 0. The van der Waals surface area contributed by atoms with E-state index in [1.165, 1.54) is 0 Å². The molecule has 0 saturated heterocycles. The highest BCUT2D eigenvalue weighted by atomic mass is 19.4. The third-order valence-corrected chi connectivity index (χ3v) is 5.44. The van der Waals surface area contributed by atoms with Crippen LogP contribution in [0.2, 0.25) is 0 Å². The molecule has 2 fully saturated rings. The van der Waals surface area contributed by atoms with Gasteiger partial charge in [0, 0.05) is 17.9 Å². The molecule has 4 rings (SSSR count). The van der Waals surface area contributed by atoms with Gasteiger partial charge in [0.15, 0.2) is 0 Å². The molecule has 2 N–H and O–H groups in total. The Morgan fingerprint density at radius 3 is 2.61 bits per heavy atom. The van der Waals surface area contributed by atoms with Gasteiger partial charge in [-0.1, -0.05) is 0 Å². The van der Waals surface area contributed by atoms with Crippen LogP contribution in [0.25, 0.3) is 0 Å². The maximum atomic E-state index is 13.3. The summed E-state index contributed by atoms with van der Waals surface area (Å²) in [4.78, 5) is 7.91. The van der Waals surface area contributed by atoms with Crippen LogP contribution < -0.4 is 10.6 Å². The van der Waals surface area contributed by atoms with Crippen LogP contribution >= 0.6 is 0 Å². The SMILES string of the molecule is Cc1nn([C@H]2C[C@@]2(C)C#N)cc1Nc1ncc(C(F)(F)F)c(NC2(C)CC2)n1. The Hall–Kier alpha value is -2.83. The Balaban J connectivity index is 1.59. The van der Waals surface area contributed by atoms with E-state index in [0.29, 0.717) is 17.8 Å². The van der Waals surface area contributed by atoms with Gasteiger partial charge >= 0.3 is 6.18 Å². The number of anilines is 3. The number of rotatable bonds is 5. The zero-order chi connectivity index (χ0) is 20.3. The minimum Gasteiger partial charge on any atom is -0.364 e. The van der Waals surface area contributed by atoms with E-state index < -0.39 is 17.2 Å². The summed E-state index contributed by atoms with van der Waals surface area (Å²) in [5.74, 6) is -0.171. The van der Waals surface area contributed by atoms with Crippen molar-refractivity contribution in [1.82, 2.24) is 19.7 Å². The maximum absolute atomic E-state index is 13.3. The minimum absolute atomic E-state index is 0.00711. The molecule has 28 heavy (non-hydrogen) atoms. The lowest BCUT2D eigenvalue weighted by Crippen LogP contribution is -2.21. The van der Waals surface area contributed by atoms with Crippen molar-refractivity contribution in [2.45, 2.75) is 57.8 Å². The first-order valence-corrected chi connectivity index (χ1v) is 8.99. The molecule has 0 unspecified atom stereocenters. The molecule has 0 amide bonds. The van der Waals surface area contributed by atoms with Gasteiger partial charge in [0.1, 0.15) is 11.4 Å². The first-order valence-electron chi connectivity index (χ1n) is 8.99. The van der Waals surface area contributed by atoms with Gasteiger partial charge in [-0.05, 0) is 40.0 Å². The van der Waals surface area contributed by atoms with Crippen LogP contribution in [0.3, 0.4) is 0 Å². The summed E-state index contributed by atoms with van der Waals surface area (Å²) < 4.78 is 41.6. The maximum Gasteiger partial charge on any atom is 0.421 e. The van der Waals surface area contributed by atoms with E-state index in [1.54, 1.807) is 17.8 Å². The fourth-order valence-electron chi connectivity index (χ4n) is 3.08. The molecule has 2 saturated carbocycles. The highest BCUT2D eigenvalue weighted by molar-refractivity contribution is 5.59. The Bertz CT molecular complexity index is 971. The lowest BCUT2D eigenvalue weighted by molar-refractivity contribution is -0.137. The summed E-state index contributed by atoms with van der Waals surface area (Å²) in [5.41, 5.74) is -0.436. The molecule has 0 spiro atoms. The Morgan fingerprint density at radius 2 is 2.04 bits per heavy atom. The van der Waals surface area contributed by atoms with Crippen molar-refractivity contribution in [3.63, 3.8) is 0 Å². The van der Waals surface area contributed by atoms with Crippen LogP contribution in [-0.2, 0) is 6.18 Å². The molecule has 2 aliphatic carbocycles. The highest BCUT2D eigenvalue weighted by Gasteiger charge is 2.53. The monoisotopic (exact) mass is 391 g/mol. The predicted molar refractivity (Wildman–Crippen MR) is 95.9 cm³/mol. The number of nitrogens with zero attached hydrogens (tertiary/aromatic N) is 5. The molecular weight excluding hydrogens is 371 g/mol. The highest BCUT2D eigenvalue weighted by Crippen LogP contribution is 2.55. The molecule has 2 aliphatic rings. The standard InChI is InChI=1S/C18H20F3N7/c1-10-12(8-28(27-10)13-6-16(13,2)9-22)24-15-23-7-11(18(19,20)21)14(25-15)26-17(3)4-5-17/h7-8,13H,4-6H2,1-3H3,(H2,23,24,25,26)/t13-,16-/m0/s1. The average Bonchev–Trinajstić information content (AvgIpc) is 3.47. The number of aryl methyl sites for hydroxylation is 1. The fraction of sp³-hybridized carbons (Fsp3) is 0.556. The molecule has 2 aromatic rings. The molecule has 0 bridgehead atoms. The second kappa shape index (κ2) is 5.83. The van der Waals surface area contributed by atoms with Crippen molar-refractivity contribution in [3.8, 4) is 6.07 Å². The van der Waals surface area contributed by atoms with Gasteiger partial charge in [-0.3, -0.25) is 4.68 Å². The van der Waals surface area contributed by atoms with Crippen LogP contribution in [0.4, 0.5) is 30.6 Å². The van der Waals surface area contributed by atoms with Gasteiger partial charge in [0.2, 0.25) is 5.95 Å². The number of aromatic nitrogens is 4. The van der Waals surface area contributed by atoms with Gasteiger partial charge < -0.3 is 10.6 Å². The predicted octanol–water partition coefficient (Wildman–Crippen LogP) is 4.18. The fourth-order valence-corrected chi connectivity index (χ4v) is 3.08. The normalized spacial score (nSPS) is 25.1. The first kappa shape index (κ1) is 18.5. The van der Waals surface area contributed by atoms with E-state index in [2.05, 4.69) is 31.8 Å². The lowest BCUT2D eigenvalue weighted by Gasteiger charge is -2.18. The molecule has 7 nitrogen and oxygen atoms in total. The molecule has 2 heterocycles. The van der Waals surface area contributed by atoms with Crippen molar-refractivity contribution >= 4 is 17.5 Å². The molecular formula is C18H20F3N7. The van der Waals surface area contributed by atoms with Gasteiger partial charge in [-0.15, -0.1) is 0 Å². The van der Waals surface area contributed by atoms with E-state index in [-0.39, 0.29) is 23.3 Å². The van der Waals surface area contributed by atoms with Crippen molar-refractivity contribution < 1.29 is 13.2 Å². The number of nitriles is 1. The summed E-state index contributed by atoms with van der Waals surface area (Å²) in [6, 6.07) is 2.27. The van der Waals surface area contributed by atoms with E-state index >= 15 is 0 Å². The lowest BCUT2D eigenvalue weighted by atomic mass is 10.2. The second-order valence-electron chi connectivity index (χ2n) is 8.12. The number of nitrogens with one attached hydrogen (secondary N) is 2. The smallest absolute Gasteiger partial charge is 0.364 e. The van der Waals surface area contributed by atoms with Gasteiger partial charge in [0.05, 0.1) is 28.9 Å². The largest absolute Gasteiger partial charge is 0.421 e. The number of hydrogen-bond acceptors (Lipinski definition) is 6. The van der Waals surface area contributed by atoms with Gasteiger partial charge in [0.25, 0.3) is 0 Å². The van der Waals surface area contributed by atoms with Gasteiger partial charge in [-0.25, -0.2) is 4.98 Å². The number of alkyl halides is 3. The van der Waals surface area contributed by atoms with E-state index in [9.17, 15) is 18.4 Å². The Morgan fingerprint density at radius 1 is 1.32 bits per heavy atom. The molecule has 2 atom stereocenters. The van der Waals surface area contributed by atoms with Crippen LogP contribution in [0, 0.1) is 23.7 Å². The third-order valence-electron chi connectivity index (χ3n) is 5.44. The van der Waals surface area contributed by atoms with Crippen molar-refractivity contribution in [1.29, 1.82) is 5.26 Å². The number of hydrogen-bond donors (Lipinski definition) is 2. The zero-order valence-electron chi connectivity index (χ0n) is 15.7. The minimum atomic E-state index is -4.54. The molecule has 10 heteroatoms. The average molecular weight is 391 g/mol. The Labute approximate surface area is 160 Å². The molecule has 0 aliphatic heterocycles. The Kier molecular flexibility index (Phi) is 3.86. The van der Waals surface area contributed by atoms with Crippen molar-refractivity contribution in [3.05, 3.63) is 23.7 Å². The van der Waals surface area contributed by atoms with Crippen molar-refractivity contribution in [2.24, 2.45) is 5.41 Å². The summed E-state index contributed by atoms with van der Waals surface area (Å²) in [5, 5.41) is 19.5. The van der Waals surface area contributed by atoms with Crippen molar-refractivity contribution in [2.75, 3.05) is 10.6 Å². The summed E-state index contributed by atoms with van der Waals surface area (Å²) in [6.45, 7) is 5.51. The van der Waals surface area contributed by atoms with Gasteiger partial charge in [-0.2, -0.15) is 28.5 Å². The summed E-state index contributed by atoms with van der Waals surface area (Å²) >= 11 is 0. The van der Waals surface area contributed by atoms with Crippen LogP contribution in [0.5, 0.6) is 0 Å². The first-order chi connectivity index (χ1) is 13.0. The topological polar surface area (TPSA) is 91.5 Å².